The van der Waals surface area contributed by atoms with Gasteiger partial charge in [-0.2, -0.15) is 23.3 Å². The van der Waals surface area contributed by atoms with Crippen LogP contribution in [0.4, 0.5) is 13.2 Å². The van der Waals surface area contributed by atoms with Crippen LogP contribution in [0.5, 0.6) is 11.8 Å². The molecule has 1 aliphatic heterocycles. The quantitative estimate of drug-likeness (QED) is 0.301. The van der Waals surface area contributed by atoms with Crippen LogP contribution in [0.15, 0.2) is 41.6 Å². The van der Waals surface area contributed by atoms with Crippen LogP contribution in [0.2, 0.25) is 0 Å². The molecule has 6 rings (SSSR count). The molecule has 1 aliphatic carbocycles. The van der Waals surface area contributed by atoms with Gasteiger partial charge in [-0.25, -0.2) is 19.6 Å². The highest BCUT2D eigenvalue weighted by Gasteiger charge is 2.35. The molecule has 1 aromatic carbocycles. The zero-order chi connectivity index (χ0) is 26.4. The molecule has 4 aromatic rings. The zero-order valence-electron chi connectivity index (χ0n) is 20.6. The van der Waals surface area contributed by atoms with Gasteiger partial charge < -0.3 is 9.47 Å². The van der Waals surface area contributed by atoms with Crippen LogP contribution in [0, 0.1) is 6.92 Å². The monoisotopic (exact) mass is 540 g/mol. The first-order chi connectivity index (χ1) is 18.3. The van der Waals surface area contributed by atoms with Gasteiger partial charge in [0, 0.05) is 23.8 Å². The molecule has 0 bridgehead atoms. The van der Waals surface area contributed by atoms with Gasteiger partial charge in [-0.3, -0.25) is 0 Å². The summed E-state index contributed by atoms with van der Waals surface area (Å²) in [6, 6.07) is 8.08. The molecule has 196 valence electrons. The van der Waals surface area contributed by atoms with Gasteiger partial charge in [-0.15, -0.1) is 11.8 Å². The number of benzene rings is 1. The molecule has 2 aliphatic rings. The first kappa shape index (κ1) is 24.7. The van der Waals surface area contributed by atoms with Crippen molar-refractivity contribution >= 4 is 11.8 Å². The van der Waals surface area contributed by atoms with Gasteiger partial charge >= 0.3 is 6.18 Å². The van der Waals surface area contributed by atoms with Crippen LogP contribution >= 0.6 is 11.8 Å². The van der Waals surface area contributed by atoms with E-state index in [1.807, 2.05) is 0 Å². The van der Waals surface area contributed by atoms with E-state index in [0.717, 1.165) is 52.9 Å². The summed E-state index contributed by atoms with van der Waals surface area (Å²) >= 11 is 1.66. The molecule has 0 atom stereocenters. The van der Waals surface area contributed by atoms with E-state index in [1.54, 1.807) is 50.1 Å². The average molecular weight is 541 g/mol. The number of ether oxygens (including phenoxy) is 2. The second kappa shape index (κ2) is 9.57. The van der Waals surface area contributed by atoms with Crippen molar-refractivity contribution in [3.63, 3.8) is 0 Å². The lowest BCUT2D eigenvalue weighted by Crippen LogP contribution is -2.08. The van der Waals surface area contributed by atoms with Crippen LogP contribution in [0.3, 0.4) is 0 Å². The molecule has 4 heterocycles. The summed E-state index contributed by atoms with van der Waals surface area (Å²) in [5, 5.41) is 3.71. The minimum atomic E-state index is -4.49. The Kier molecular flexibility index (Phi) is 6.21. The Hall–Kier alpha value is -3.67. The molecule has 3 aromatic heterocycles. The van der Waals surface area contributed by atoms with Gasteiger partial charge in [0.1, 0.15) is 18.5 Å². The first-order valence-electron chi connectivity index (χ1n) is 12.1. The minimum Gasteiger partial charge on any atom is -0.480 e. The Morgan fingerprint density at radius 3 is 2.55 bits per heavy atom. The second-order valence-electron chi connectivity index (χ2n) is 9.18. The van der Waals surface area contributed by atoms with Crippen LogP contribution in [-0.4, -0.2) is 42.6 Å². The van der Waals surface area contributed by atoms with Crippen molar-refractivity contribution in [1.29, 1.82) is 0 Å². The number of hydrogen-bond acceptors (Lipinski definition) is 8. The number of rotatable bonds is 7. The predicted octanol–water partition coefficient (Wildman–Crippen LogP) is 5.56. The van der Waals surface area contributed by atoms with Crippen molar-refractivity contribution in [3.8, 4) is 28.8 Å². The molecule has 0 radical (unpaired) electrons. The smallest absolute Gasteiger partial charge is 0.435 e. The van der Waals surface area contributed by atoms with E-state index in [2.05, 4.69) is 15.1 Å². The first-order valence-corrected chi connectivity index (χ1v) is 13.1. The summed E-state index contributed by atoms with van der Waals surface area (Å²) in [7, 11) is 1.57. The minimum absolute atomic E-state index is 0.230. The van der Waals surface area contributed by atoms with Crippen molar-refractivity contribution < 1.29 is 22.6 Å². The molecule has 0 unspecified atom stereocenters. The number of aryl methyl sites for hydroxylation is 2. The third-order valence-electron chi connectivity index (χ3n) is 6.45. The number of aromatic nitrogens is 6. The summed E-state index contributed by atoms with van der Waals surface area (Å²) in [6.07, 6.45) is -0.0625. The van der Waals surface area contributed by atoms with Crippen LogP contribution in [0.25, 0.3) is 17.1 Å². The Morgan fingerprint density at radius 2 is 1.87 bits per heavy atom. The van der Waals surface area contributed by atoms with Gasteiger partial charge in [0.25, 0.3) is 0 Å². The number of halogens is 3. The summed E-state index contributed by atoms with van der Waals surface area (Å²) in [5.74, 6) is 2.66. The molecule has 0 amide bonds. The lowest BCUT2D eigenvalue weighted by Gasteiger charge is -2.14. The SMILES string of the molecule is COc1ncnc(C2CC2)c1-c1nc2c(c(OCc3ccc(-n4nc(C(F)(F)F)cc4C)cc3)n1)SCC2. The molecule has 0 saturated heterocycles. The van der Waals surface area contributed by atoms with Gasteiger partial charge in [0.2, 0.25) is 11.8 Å². The maximum absolute atomic E-state index is 13.0. The summed E-state index contributed by atoms with van der Waals surface area (Å²) in [6.45, 7) is 1.82. The number of thioether (sulfide) groups is 1. The van der Waals surface area contributed by atoms with Gasteiger partial charge in [-0.05, 0) is 43.5 Å². The second-order valence-corrected chi connectivity index (χ2v) is 10.3. The summed E-state index contributed by atoms with van der Waals surface area (Å²) in [4.78, 5) is 19.3. The molecule has 0 N–H and O–H groups in total. The van der Waals surface area contributed by atoms with Crippen molar-refractivity contribution in [2.45, 2.75) is 49.8 Å². The predicted molar refractivity (Wildman–Crippen MR) is 134 cm³/mol. The van der Waals surface area contributed by atoms with Crippen molar-refractivity contribution in [2.24, 2.45) is 0 Å². The van der Waals surface area contributed by atoms with E-state index in [0.29, 0.717) is 40.4 Å². The van der Waals surface area contributed by atoms with Gasteiger partial charge in [-0.1, -0.05) is 12.1 Å². The molecular formula is C26H23F3N6O2S. The Morgan fingerprint density at radius 1 is 1.08 bits per heavy atom. The van der Waals surface area contributed by atoms with Gasteiger partial charge in [0.15, 0.2) is 11.5 Å². The fourth-order valence-electron chi connectivity index (χ4n) is 4.42. The Balaban J connectivity index is 1.27. The Bertz CT molecular complexity index is 1500. The molecule has 1 fully saturated rings. The highest BCUT2D eigenvalue weighted by atomic mass is 32.2. The third-order valence-corrected chi connectivity index (χ3v) is 7.55. The maximum atomic E-state index is 13.0. The third kappa shape index (κ3) is 4.68. The molecule has 8 nitrogen and oxygen atoms in total. The zero-order valence-corrected chi connectivity index (χ0v) is 21.4. The average Bonchev–Trinajstić information content (AvgIpc) is 3.51. The molecule has 1 saturated carbocycles. The molecule has 38 heavy (non-hydrogen) atoms. The fraction of sp³-hybridized carbons (Fsp3) is 0.346. The lowest BCUT2D eigenvalue weighted by atomic mass is 10.1. The maximum Gasteiger partial charge on any atom is 0.435 e. The molecule has 12 heteroatoms. The molecular weight excluding hydrogens is 517 g/mol. The highest BCUT2D eigenvalue weighted by Crippen LogP contribution is 2.46. The van der Waals surface area contributed by atoms with E-state index in [9.17, 15) is 13.2 Å². The van der Waals surface area contributed by atoms with Crippen molar-refractivity contribution in [1.82, 2.24) is 29.7 Å². The normalized spacial score (nSPS) is 15.0. The highest BCUT2D eigenvalue weighted by molar-refractivity contribution is 7.99. The standard InChI is InChI=1S/C26H23F3N6O2S/c1-14-11-19(26(27,28)29)34-35(14)17-7-3-15(4-8-17)12-37-25-22-18(9-10-38-22)32-23(33-25)20-21(16-5-6-16)30-13-31-24(20)36-2/h3-4,7-8,11,13,16H,5-6,9-10,12H2,1-2H3. The lowest BCUT2D eigenvalue weighted by molar-refractivity contribution is -0.141. The van der Waals surface area contributed by atoms with Gasteiger partial charge in [0.05, 0.1) is 29.1 Å². The summed E-state index contributed by atoms with van der Waals surface area (Å²) < 4.78 is 52.1. The summed E-state index contributed by atoms with van der Waals surface area (Å²) in [5.41, 5.74) is 3.38. The van der Waals surface area contributed by atoms with Crippen molar-refractivity contribution in [2.75, 3.05) is 12.9 Å². The number of nitrogens with zero attached hydrogens (tertiary/aromatic N) is 6. The number of fused-ring (bicyclic) bond motifs is 1. The van der Waals surface area contributed by atoms with E-state index < -0.39 is 11.9 Å². The van der Waals surface area contributed by atoms with Crippen molar-refractivity contribution in [3.05, 3.63) is 65.0 Å². The molecule has 0 spiro atoms. The van der Waals surface area contributed by atoms with Crippen LogP contribution < -0.4 is 9.47 Å². The topological polar surface area (TPSA) is 87.8 Å². The van der Waals surface area contributed by atoms with Crippen LogP contribution in [0.1, 0.15) is 47.1 Å². The van der Waals surface area contributed by atoms with E-state index in [4.69, 9.17) is 19.4 Å². The largest absolute Gasteiger partial charge is 0.480 e. The fourth-order valence-corrected chi connectivity index (χ4v) is 5.46. The number of methoxy groups -OCH3 is 1. The number of hydrogen-bond donors (Lipinski definition) is 0. The van der Waals surface area contributed by atoms with E-state index >= 15 is 0 Å². The van der Waals surface area contributed by atoms with E-state index in [1.165, 1.54) is 11.0 Å². The van der Waals surface area contributed by atoms with E-state index in [-0.39, 0.29) is 6.61 Å². The Labute approximate surface area is 220 Å². The van der Waals surface area contributed by atoms with Crippen LogP contribution in [-0.2, 0) is 19.2 Å². The number of alkyl halides is 3.